The molecule has 0 aromatic rings. The van der Waals surface area contributed by atoms with Gasteiger partial charge in [0.2, 0.25) is 0 Å². The van der Waals surface area contributed by atoms with Gasteiger partial charge in [-0.25, -0.2) is 0 Å². The first kappa shape index (κ1) is 13.4. The van der Waals surface area contributed by atoms with Gasteiger partial charge < -0.3 is 20.6 Å². The van der Waals surface area contributed by atoms with Crippen molar-refractivity contribution in [2.75, 3.05) is 6.54 Å². The number of carbonyl (C=O) groups is 3. The molecular weight excluding hydrogens is 230 g/mol. The van der Waals surface area contributed by atoms with Crippen LogP contribution in [0.25, 0.3) is 0 Å². The van der Waals surface area contributed by atoms with Gasteiger partial charge in [-0.05, 0) is 12.5 Å². The molecule has 0 spiro atoms. The van der Waals surface area contributed by atoms with Crippen LogP contribution < -0.4 is 5.32 Å². The molecule has 0 bridgehead atoms. The molecule has 1 saturated heterocycles. The Hall–Kier alpha value is -1.63. The smallest absolute Gasteiger partial charge is 0.321 e. The molecule has 1 rings (SSSR count). The lowest BCUT2D eigenvalue weighted by atomic mass is 9.80. The topological polar surface area (TPSA) is 124 Å². The lowest BCUT2D eigenvalue weighted by molar-refractivity contribution is -0.147. The fourth-order valence-corrected chi connectivity index (χ4v) is 2.28. The van der Waals surface area contributed by atoms with E-state index in [1.807, 2.05) is 0 Å². The molecule has 17 heavy (non-hydrogen) atoms. The molecule has 0 aliphatic carbocycles. The molecule has 0 aromatic heterocycles. The standard InChI is InChI=1S/C10H15NO6/c1-4(9(14)15)6-3-11-8(10(16)17)5(6)2-7(12)13/h4-6,8,11H,2-3H2,1H3,(H,12,13)(H,14,15)(H,16,17). The molecule has 0 saturated carbocycles. The van der Waals surface area contributed by atoms with Gasteiger partial charge in [0, 0.05) is 5.92 Å². The molecule has 4 atom stereocenters. The summed E-state index contributed by atoms with van der Waals surface area (Å²) in [6, 6.07) is -0.988. The van der Waals surface area contributed by atoms with Crippen molar-refractivity contribution >= 4 is 17.9 Å². The normalized spacial score (nSPS) is 29.8. The van der Waals surface area contributed by atoms with Crippen LogP contribution in [0.2, 0.25) is 0 Å². The summed E-state index contributed by atoms with van der Waals surface area (Å²) < 4.78 is 0. The first-order valence-corrected chi connectivity index (χ1v) is 5.25. The molecule has 0 aromatic carbocycles. The lowest BCUT2D eigenvalue weighted by Gasteiger charge is -2.22. The molecule has 1 fully saturated rings. The van der Waals surface area contributed by atoms with Crippen molar-refractivity contribution in [3.63, 3.8) is 0 Å². The van der Waals surface area contributed by atoms with Gasteiger partial charge in [-0.2, -0.15) is 0 Å². The van der Waals surface area contributed by atoms with Crippen molar-refractivity contribution in [2.24, 2.45) is 17.8 Å². The monoisotopic (exact) mass is 245 g/mol. The van der Waals surface area contributed by atoms with E-state index in [9.17, 15) is 14.4 Å². The quantitative estimate of drug-likeness (QED) is 0.513. The SMILES string of the molecule is CC(C(=O)O)C1CNC(C(=O)O)C1CC(=O)O. The second-order valence-corrected chi connectivity index (χ2v) is 4.28. The zero-order valence-corrected chi connectivity index (χ0v) is 9.29. The highest BCUT2D eigenvalue weighted by Crippen LogP contribution is 2.32. The number of nitrogens with one attached hydrogen (secondary N) is 1. The summed E-state index contributed by atoms with van der Waals surface area (Å²) >= 11 is 0. The van der Waals surface area contributed by atoms with E-state index in [1.54, 1.807) is 0 Å². The number of aliphatic carboxylic acids is 3. The van der Waals surface area contributed by atoms with Crippen molar-refractivity contribution < 1.29 is 29.7 Å². The predicted molar refractivity (Wildman–Crippen MR) is 55.5 cm³/mol. The number of hydrogen-bond donors (Lipinski definition) is 4. The zero-order chi connectivity index (χ0) is 13.2. The van der Waals surface area contributed by atoms with Crippen LogP contribution in [0, 0.1) is 17.8 Å². The minimum atomic E-state index is -1.14. The van der Waals surface area contributed by atoms with Crippen molar-refractivity contribution in [3.8, 4) is 0 Å². The second-order valence-electron chi connectivity index (χ2n) is 4.28. The maximum atomic E-state index is 10.9. The predicted octanol–water partition coefficient (Wildman–Crippen LogP) is -0.529. The van der Waals surface area contributed by atoms with E-state index >= 15 is 0 Å². The van der Waals surface area contributed by atoms with E-state index in [2.05, 4.69) is 5.32 Å². The molecule has 4 unspecified atom stereocenters. The summed E-state index contributed by atoms with van der Waals surface area (Å²) in [6.07, 6.45) is -0.341. The summed E-state index contributed by atoms with van der Waals surface area (Å²) in [5.41, 5.74) is 0. The highest BCUT2D eigenvalue weighted by molar-refractivity contribution is 5.77. The van der Waals surface area contributed by atoms with Crippen LogP contribution in [-0.4, -0.2) is 45.8 Å². The Morgan fingerprint density at radius 1 is 1.29 bits per heavy atom. The maximum absolute atomic E-state index is 10.9. The molecule has 7 nitrogen and oxygen atoms in total. The number of hydrogen-bond acceptors (Lipinski definition) is 4. The Morgan fingerprint density at radius 2 is 1.88 bits per heavy atom. The minimum absolute atomic E-state index is 0.211. The Labute approximate surface area is 97.4 Å². The van der Waals surface area contributed by atoms with Crippen LogP contribution in [0.3, 0.4) is 0 Å². The maximum Gasteiger partial charge on any atom is 0.321 e. The Balaban J connectivity index is 2.87. The fraction of sp³-hybridized carbons (Fsp3) is 0.700. The lowest BCUT2D eigenvalue weighted by Crippen LogP contribution is -2.37. The van der Waals surface area contributed by atoms with Crippen LogP contribution in [0.5, 0.6) is 0 Å². The Kier molecular flexibility index (Phi) is 4.06. The molecule has 1 heterocycles. The Bertz CT molecular complexity index is 342. The van der Waals surface area contributed by atoms with Gasteiger partial charge in [0.05, 0.1) is 12.3 Å². The fourth-order valence-electron chi connectivity index (χ4n) is 2.28. The average molecular weight is 245 g/mol. The minimum Gasteiger partial charge on any atom is -0.481 e. The largest absolute Gasteiger partial charge is 0.481 e. The van der Waals surface area contributed by atoms with Gasteiger partial charge in [0.25, 0.3) is 0 Å². The molecule has 4 N–H and O–H groups in total. The molecule has 0 radical (unpaired) electrons. The van der Waals surface area contributed by atoms with Crippen LogP contribution >= 0.6 is 0 Å². The molecule has 1 aliphatic heterocycles. The van der Waals surface area contributed by atoms with E-state index in [-0.39, 0.29) is 13.0 Å². The van der Waals surface area contributed by atoms with Gasteiger partial charge in [-0.3, -0.25) is 14.4 Å². The highest BCUT2D eigenvalue weighted by atomic mass is 16.4. The van der Waals surface area contributed by atoms with Crippen LogP contribution in [0.4, 0.5) is 0 Å². The third-order valence-corrected chi connectivity index (χ3v) is 3.26. The number of rotatable bonds is 5. The van der Waals surface area contributed by atoms with E-state index in [0.717, 1.165) is 0 Å². The van der Waals surface area contributed by atoms with Gasteiger partial charge in [0.15, 0.2) is 0 Å². The van der Waals surface area contributed by atoms with Gasteiger partial charge in [-0.15, -0.1) is 0 Å². The zero-order valence-electron chi connectivity index (χ0n) is 9.29. The highest BCUT2D eigenvalue weighted by Gasteiger charge is 2.45. The first-order chi connectivity index (χ1) is 7.84. The van der Waals surface area contributed by atoms with Crippen molar-refractivity contribution in [1.29, 1.82) is 0 Å². The summed E-state index contributed by atoms with van der Waals surface area (Å²) in [6.45, 7) is 1.68. The van der Waals surface area contributed by atoms with Crippen LogP contribution in [0.15, 0.2) is 0 Å². The van der Waals surface area contributed by atoms with Crippen molar-refractivity contribution in [3.05, 3.63) is 0 Å². The molecule has 7 heteroatoms. The van der Waals surface area contributed by atoms with E-state index < -0.39 is 41.7 Å². The second kappa shape index (κ2) is 5.13. The third-order valence-electron chi connectivity index (χ3n) is 3.26. The molecule has 1 aliphatic rings. The van der Waals surface area contributed by atoms with E-state index in [1.165, 1.54) is 6.92 Å². The molecular formula is C10H15NO6. The third kappa shape index (κ3) is 2.94. The van der Waals surface area contributed by atoms with E-state index in [4.69, 9.17) is 15.3 Å². The first-order valence-electron chi connectivity index (χ1n) is 5.25. The number of carboxylic acid groups (broad SMARTS) is 3. The molecule has 0 amide bonds. The van der Waals surface area contributed by atoms with Gasteiger partial charge in [-0.1, -0.05) is 6.92 Å². The van der Waals surface area contributed by atoms with Gasteiger partial charge >= 0.3 is 17.9 Å². The van der Waals surface area contributed by atoms with Gasteiger partial charge in [0.1, 0.15) is 6.04 Å². The average Bonchev–Trinajstić information content (AvgIpc) is 2.59. The molecule has 96 valence electrons. The van der Waals surface area contributed by atoms with E-state index in [0.29, 0.717) is 0 Å². The summed E-state index contributed by atoms with van der Waals surface area (Å²) in [5, 5.41) is 29.2. The summed E-state index contributed by atoms with van der Waals surface area (Å²) in [7, 11) is 0. The van der Waals surface area contributed by atoms with Crippen LogP contribution in [0.1, 0.15) is 13.3 Å². The van der Waals surface area contributed by atoms with Crippen LogP contribution in [-0.2, 0) is 14.4 Å². The Morgan fingerprint density at radius 3 is 2.29 bits per heavy atom. The number of carboxylic acids is 3. The van der Waals surface area contributed by atoms with Crippen molar-refractivity contribution in [1.82, 2.24) is 5.32 Å². The van der Waals surface area contributed by atoms with Crippen molar-refractivity contribution in [2.45, 2.75) is 19.4 Å². The summed E-state index contributed by atoms with van der Waals surface area (Å²) in [5.74, 6) is -5.25. The summed E-state index contributed by atoms with van der Waals surface area (Å²) in [4.78, 5) is 32.5.